The molecule has 0 saturated carbocycles. The van der Waals surface area contributed by atoms with E-state index in [-0.39, 0.29) is 24.5 Å². The van der Waals surface area contributed by atoms with Crippen LogP contribution in [0.1, 0.15) is 40.3 Å². The number of benzene rings is 1. The van der Waals surface area contributed by atoms with Crippen LogP contribution in [-0.4, -0.2) is 47.7 Å². The zero-order valence-corrected chi connectivity index (χ0v) is 19.0. The molecule has 0 amide bonds. The van der Waals surface area contributed by atoms with E-state index < -0.39 is 5.97 Å². The average molecular weight is 466 g/mol. The molecule has 3 heterocycles. The third kappa shape index (κ3) is 4.58. The fraction of sp³-hybridized carbons (Fsp3) is 0.250. The Morgan fingerprint density at radius 3 is 2.61 bits per heavy atom. The van der Waals surface area contributed by atoms with Crippen molar-refractivity contribution in [3.8, 4) is 11.3 Å². The molecule has 0 radical (unpaired) electrons. The Hall–Kier alpha value is -3.72. The number of ether oxygens (including phenoxy) is 2. The molecule has 3 aromatic rings. The molecule has 0 bridgehead atoms. The number of rotatable bonds is 7. The molecule has 8 nitrogen and oxygen atoms in total. The van der Waals surface area contributed by atoms with E-state index in [1.54, 1.807) is 24.4 Å². The molecule has 2 unspecified atom stereocenters. The van der Waals surface area contributed by atoms with Crippen molar-refractivity contribution in [3.05, 3.63) is 77.8 Å². The summed E-state index contributed by atoms with van der Waals surface area (Å²) in [4.78, 5) is 30.4. The number of nitrogens with zero attached hydrogens (tertiary/aromatic N) is 2. The average Bonchev–Trinajstić information content (AvgIpc) is 3.47. The fourth-order valence-electron chi connectivity index (χ4n) is 3.91. The van der Waals surface area contributed by atoms with Gasteiger partial charge in [-0.2, -0.15) is 0 Å². The zero-order chi connectivity index (χ0) is 23.4. The first-order valence-corrected chi connectivity index (χ1v) is 10.8. The topological polar surface area (TPSA) is 93.9 Å². The van der Waals surface area contributed by atoms with Gasteiger partial charge in [-0.15, -0.1) is 0 Å². The van der Waals surface area contributed by atoms with Gasteiger partial charge in [0.25, 0.3) is 0 Å². The molecule has 2 atom stereocenters. The van der Waals surface area contributed by atoms with E-state index in [0.717, 1.165) is 5.69 Å². The molecular weight excluding hydrogens is 442 g/mol. The molecule has 1 fully saturated rings. The summed E-state index contributed by atoms with van der Waals surface area (Å²) in [6, 6.07) is 15.8. The second kappa shape index (κ2) is 9.83. The van der Waals surface area contributed by atoms with Crippen LogP contribution in [0.25, 0.3) is 11.3 Å². The van der Waals surface area contributed by atoms with Gasteiger partial charge in [0.1, 0.15) is 17.6 Å². The molecule has 0 aliphatic carbocycles. The Morgan fingerprint density at radius 1 is 1.09 bits per heavy atom. The van der Waals surface area contributed by atoms with Gasteiger partial charge < -0.3 is 24.1 Å². The number of carbonyl (C=O) groups is 2. The lowest BCUT2D eigenvalue weighted by Crippen LogP contribution is -2.31. The Labute approximate surface area is 196 Å². The standard InChI is InChI=1S/C24H23N3O5S/c1-30-20(28)12-14-27-22(21(26-24(27)33)17-9-5-6-13-25-17)19-11-10-18(32-19)15-7-3-4-8-16(15)23(29)31-2/h3-11,13,21-22H,12,14H2,1-2H3,(H,26,33). The van der Waals surface area contributed by atoms with Crippen LogP contribution in [0.4, 0.5) is 0 Å². The van der Waals surface area contributed by atoms with Crippen molar-refractivity contribution in [2.75, 3.05) is 20.8 Å². The molecular formula is C24H23N3O5S. The predicted octanol–water partition coefficient (Wildman–Crippen LogP) is 3.66. The van der Waals surface area contributed by atoms with Crippen LogP contribution in [0.5, 0.6) is 0 Å². The molecule has 9 heteroatoms. The second-order valence-corrected chi connectivity index (χ2v) is 7.77. The van der Waals surface area contributed by atoms with E-state index in [2.05, 4.69) is 10.3 Å². The lowest BCUT2D eigenvalue weighted by atomic mass is 10.0. The molecule has 1 aliphatic heterocycles. The van der Waals surface area contributed by atoms with Crippen molar-refractivity contribution in [2.24, 2.45) is 0 Å². The highest BCUT2D eigenvalue weighted by atomic mass is 32.1. The van der Waals surface area contributed by atoms with Gasteiger partial charge in [0.15, 0.2) is 5.11 Å². The van der Waals surface area contributed by atoms with Crippen LogP contribution in [0.2, 0.25) is 0 Å². The molecule has 170 valence electrons. The summed E-state index contributed by atoms with van der Waals surface area (Å²) in [6.45, 7) is 0.348. The quantitative estimate of drug-likeness (QED) is 0.414. The first-order chi connectivity index (χ1) is 16.0. The number of hydrogen-bond acceptors (Lipinski definition) is 7. The molecule has 0 spiro atoms. The van der Waals surface area contributed by atoms with E-state index >= 15 is 0 Å². The molecule has 2 aromatic heterocycles. The number of carbonyl (C=O) groups excluding carboxylic acids is 2. The highest BCUT2D eigenvalue weighted by molar-refractivity contribution is 7.80. The third-order valence-corrected chi connectivity index (χ3v) is 5.85. The van der Waals surface area contributed by atoms with Crippen LogP contribution in [0.3, 0.4) is 0 Å². The summed E-state index contributed by atoms with van der Waals surface area (Å²) < 4.78 is 16.0. The fourth-order valence-corrected chi connectivity index (χ4v) is 4.24. The van der Waals surface area contributed by atoms with Crippen LogP contribution in [-0.2, 0) is 14.3 Å². The van der Waals surface area contributed by atoms with Gasteiger partial charge in [0.05, 0.1) is 37.9 Å². The van der Waals surface area contributed by atoms with E-state index in [1.165, 1.54) is 14.2 Å². The van der Waals surface area contributed by atoms with Gasteiger partial charge in [0, 0.05) is 18.3 Å². The summed E-state index contributed by atoms with van der Waals surface area (Å²) in [6.07, 6.45) is 1.89. The van der Waals surface area contributed by atoms with Crippen molar-refractivity contribution >= 4 is 29.3 Å². The summed E-state index contributed by atoms with van der Waals surface area (Å²) in [7, 11) is 2.70. The Kier molecular flexibility index (Phi) is 6.69. The summed E-state index contributed by atoms with van der Waals surface area (Å²) in [5, 5.41) is 3.80. The number of hydrogen-bond donors (Lipinski definition) is 1. The highest BCUT2D eigenvalue weighted by Gasteiger charge is 2.41. The first-order valence-electron chi connectivity index (χ1n) is 10.4. The van der Waals surface area contributed by atoms with Gasteiger partial charge in [-0.05, 0) is 42.5 Å². The van der Waals surface area contributed by atoms with Crippen LogP contribution >= 0.6 is 12.2 Å². The number of methoxy groups -OCH3 is 2. The smallest absolute Gasteiger partial charge is 0.338 e. The maximum absolute atomic E-state index is 12.2. The minimum Gasteiger partial charge on any atom is -0.469 e. The molecule has 1 saturated heterocycles. The van der Waals surface area contributed by atoms with Crippen LogP contribution in [0, 0.1) is 0 Å². The number of esters is 2. The van der Waals surface area contributed by atoms with Gasteiger partial charge in [-0.3, -0.25) is 9.78 Å². The summed E-state index contributed by atoms with van der Waals surface area (Å²) in [5.41, 5.74) is 1.82. The minimum absolute atomic E-state index is 0.169. The van der Waals surface area contributed by atoms with Crippen molar-refractivity contribution in [3.63, 3.8) is 0 Å². The number of aromatic nitrogens is 1. The maximum Gasteiger partial charge on any atom is 0.338 e. The SMILES string of the molecule is COC(=O)CCN1C(=S)NC(c2ccccn2)C1c1ccc(-c2ccccc2C(=O)OC)o1. The van der Waals surface area contributed by atoms with Gasteiger partial charge in [0.2, 0.25) is 0 Å². The Bertz CT molecular complexity index is 1160. The molecule has 1 aromatic carbocycles. The van der Waals surface area contributed by atoms with Gasteiger partial charge in [-0.25, -0.2) is 4.79 Å². The van der Waals surface area contributed by atoms with E-state index in [0.29, 0.717) is 34.3 Å². The normalized spacial score (nSPS) is 17.5. The summed E-state index contributed by atoms with van der Waals surface area (Å²) >= 11 is 5.59. The van der Waals surface area contributed by atoms with Gasteiger partial charge >= 0.3 is 11.9 Å². The maximum atomic E-state index is 12.2. The lowest BCUT2D eigenvalue weighted by Gasteiger charge is -2.25. The van der Waals surface area contributed by atoms with Crippen molar-refractivity contribution < 1.29 is 23.5 Å². The number of pyridine rings is 1. The Morgan fingerprint density at radius 2 is 1.88 bits per heavy atom. The third-order valence-electron chi connectivity index (χ3n) is 5.50. The number of furan rings is 1. The second-order valence-electron chi connectivity index (χ2n) is 7.39. The molecule has 1 N–H and O–H groups in total. The Balaban J connectivity index is 1.72. The number of nitrogens with one attached hydrogen (secondary N) is 1. The highest BCUT2D eigenvalue weighted by Crippen LogP contribution is 2.40. The largest absolute Gasteiger partial charge is 0.469 e. The van der Waals surface area contributed by atoms with E-state index in [1.807, 2.05) is 41.3 Å². The number of thiocarbonyl (C=S) groups is 1. The monoisotopic (exact) mass is 465 g/mol. The van der Waals surface area contributed by atoms with Crippen LogP contribution < -0.4 is 5.32 Å². The van der Waals surface area contributed by atoms with Crippen molar-refractivity contribution in [1.29, 1.82) is 0 Å². The first kappa shape index (κ1) is 22.5. The molecule has 1 aliphatic rings. The zero-order valence-electron chi connectivity index (χ0n) is 18.2. The molecule has 4 rings (SSSR count). The molecule has 33 heavy (non-hydrogen) atoms. The summed E-state index contributed by atoms with van der Waals surface area (Å²) in [5.74, 6) is 0.373. The van der Waals surface area contributed by atoms with Gasteiger partial charge in [-0.1, -0.05) is 24.3 Å². The minimum atomic E-state index is -0.446. The van der Waals surface area contributed by atoms with E-state index in [9.17, 15) is 9.59 Å². The van der Waals surface area contributed by atoms with Crippen molar-refractivity contribution in [1.82, 2.24) is 15.2 Å². The van der Waals surface area contributed by atoms with E-state index in [4.69, 9.17) is 26.1 Å². The van der Waals surface area contributed by atoms with Crippen LogP contribution in [0.15, 0.2) is 65.2 Å². The van der Waals surface area contributed by atoms with Crippen molar-refractivity contribution in [2.45, 2.75) is 18.5 Å². The lowest BCUT2D eigenvalue weighted by molar-refractivity contribution is -0.140. The predicted molar refractivity (Wildman–Crippen MR) is 124 cm³/mol.